The lowest BCUT2D eigenvalue weighted by Gasteiger charge is -2.18. The molecule has 0 aliphatic carbocycles. The number of anilines is 1. The Morgan fingerprint density at radius 2 is 1.90 bits per heavy atom. The number of hydrogen-bond acceptors (Lipinski definition) is 4. The Hall–Kier alpha value is -1.27. The minimum absolute atomic E-state index is 0.0684. The third-order valence-corrected chi connectivity index (χ3v) is 4.49. The summed E-state index contributed by atoms with van der Waals surface area (Å²) in [7, 11) is -2.18. The fourth-order valence-corrected chi connectivity index (χ4v) is 2.90. The highest BCUT2D eigenvalue weighted by molar-refractivity contribution is 7.89. The molecule has 0 aromatic heterocycles. The lowest BCUT2D eigenvalue weighted by atomic mass is 9.93. The summed E-state index contributed by atoms with van der Waals surface area (Å²) in [6.45, 7) is 8.37. The van der Waals surface area contributed by atoms with Crippen LogP contribution in [0.1, 0.15) is 32.8 Å². The molecule has 6 heteroatoms. The van der Waals surface area contributed by atoms with Crippen LogP contribution in [-0.2, 0) is 10.0 Å². The van der Waals surface area contributed by atoms with E-state index < -0.39 is 10.0 Å². The zero-order valence-corrected chi connectivity index (χ0v) is 13.6. The zero-order chi connectivity index (χ0) is 15.6. The molecule has 0 radical (unpaired) electrons. The maximum atomic E-state index is 12.3. The Bertz CT molecular complexity index is 575. The van der Waals surface area contributed by atoms with Crippen molar-refractivity contribution in [3.63, 3.8) is 0 Å². The van der Waals surface area contributed by atoms with Gasteiger partial charge >= 0.3 is 0 Å². The van der Waals surface area contributed by atoms with E-state index in [9.17, 15) is 8.42 Å². The predicted octanol–water partition coefficient (Wildman–Crippen LogP) is 2.30. The van der Waals surface area contributed by atoms with Crippen LogP contribution in [0, 0.1) is 12.3 Å². The fraction of sp³-hybridized carbons (Fsp3) is 0.571. The van der Waals surface area contributed by atoms with Gasteiger partial charge in [0.25, 0.3) is 0 Å². The van der Waals surface area contributed by atoms with Gasteiger partial charge in [0.05, 0.1) is 7.11 Å². The monoisotopic (exact) mass is 300 g/mol. The smallest absolute Gasteiger partial charge is 0.244 e. The molecule has 1 aromatic rings. The summed E-state index contributed by atoms with van der Waals surface area (Å²) >= 11 is 0. The van der Waals surface area contributed by atoms with Gasteiger partial charge in [-0.25, -0.2) is 13.1 Å². The van der Waals surface area contributed by atoms with Crippen LogP contribution in [0.4, 0.5) is 5.69 Å². The molecular weight excluding hydrogens is 276 g/mol. The van der Waals surface area contributed by atoms with E-state index in [2.05, 4.69) is 25.5 Å². The highest BCUT2D eigenvalue weighted by Crippen LogP contribution is 2.29. The van der Waals surface area contributed by atoms with Gasteiger partial charge in [0, 0.05) is 12.2 Å². The Balaban J connectivity index is 3.01. The van der Waals surface area contributed by atoms with E-state index in [4.69, 9.17) is 10.5 Å². The molecule has 1 rings (SSSR count). The van der Waals surface area contributed by atoms with Gasteiger partial charge in [-0.3, -0.25) is 0 Å². The van der Waals surface area contributed by atoms with E-state index in [0.29, 0.717) is 18.0 Å². The van der Waals surface area contributed by atoms with Crippen LogP contribution >= 0.6 is 0 Å². The summed E-state index contributed by atoms with van der Waals surface area (Å²) in [6.07, 6.45) is 0.746. The van der Waals surface area contributed by atoms with Crippen molar-refractivity contribution in [2.24, 2.45) is 5.41 Å². The summed E-state index contributed by atoms with van der Waals surface area (Å²) in [5, 5.41) is 0. The van der Waals surface area contributed by atoms with Gasteiger partial charge in [-0.15, -0.1) is 0 Å². The number of sulfonamides is 1. The van der Waals surface area contributed by atoms with Crippen molar-refractivity contribution < 1.29 is 13.2 Å². The largest absolute Gasteiger partial charge is 0.495 e. The second-order valence-electron chi connectivity index (χ2n) is 6.07. The van der Waals surface area contributed by atoms with Crippen molar-refractivity contribution in [3.05, 3.63) is 17.7 Å². The normalized spacial score (nSPS) is 12.4. The molecule has 20 heavy (non-hydrogen) atoms. The Labute approximate surface area is 121 Å². The highest BCUT2D eigenvalue weighted by atomic mass is 32.2. The SMILES string of the molecule is COc1cc(C)c(N)cc1S(=O)(=O)NCCC(C)(C)C. The second kappa shape index (κ2) is 6.01. The van der Waals surface area contributed by atoms with Crippen LogP contribution in [0.5, 0.6) is 5.75 Å². The van der Waals surface area contributed by atoms with Crippen LogP contribution in [0.2, 0.25) is 0 Å². The number of nitrogen functional groups attached to an aromatic ring is 1. The van der Waals surface area contributed by atoms with Crippen LogP contribution in [0.15, 0.2) is 17.0 Å². The van der Waals surface area contributed by atoms with Gasteiger partial charge in [0.2, 0.25) is 10.0 Å². The molecule has 0 amide bonds. The van der Waals surface area contributed by atoms with Gasteiger partial charge < -0.3 is 10.5 Å². The number of rotatable bonds is 5. The van der Waals surface area contributed by atoms with Gasteiger partial charge in [0.1, 0.15) is 10.6 Å². The summed E-state index contributed by atoms with van der Waals surface area (Å²) in [5.74, 6) is 0.306. The quantitative estimate of drug-likeness (QED) is 0.818. The van der Waals surface area contributed by atoms with Crippen molar-refractivity contribution in [1.82, 2.24) is 4.72 Å². The van der Waals surface area contributed by atoms with E-state index in [0.717, 1.165) is 12.0 Å². The number of nitrogens with one attached hydrogen (secondary N) is 1. The van der Waals surface area contributed by atoms with Crippen molar-refractivity contribution in [2.75, 3.05) is 19.4 Å². The van der Waals surface area contributed by atoms with Gasteiger partial charge in [-0.1, -0.05) is 20.8 Å². The molecule has 0 unspecified atom stereocenters. The maximum absolute atomic E-state index is 12.3. The van der Waals surface area contributed by atoms with Crippen LogP contribution < -0.4 is 15.2 Å². The molecule has 0 bridgehead atoms. The Kier molecular flexibility index (Phi) is 5.05. The van der Waals surface area contributed by atoms with E-state index >= 15 is 0 Å². The van der Waals surface area contributed by atoms with E-state index in [-0.39, 0.29) is 10.3 Å². The van der Waals surface area contributed by atoms with Gasteiger partial charge in [0.15, 0.2) is 0 Å². The van der Waals surface area contributed by atoms with Crippen molar-refractivity contribution in [2.45, 2.75) is 39.0 Å². The van der Waals surface area contributed by atoms with Crippen molar-refractivity contribution >= 4 is 15.7 Å². The first-order valence-corrected chi connectivity index (χ1v) is 7.99. The summed E-state index contributed by atoms with van der Waals surface area (Å²) in [4.78, 5) is 0.0806. The maximum Gasteiger partial charge on any atom is 0.244 e. The topological polar surface area (TPSA) is 81.4 Å². The third kappa shape index (κ3) is 4.38. The number of nitrogens with two attached hydrogens (primary N) is 1. The molecule has 0 fully saturated rings. The molecule has 1 aromatic carbocycles. The number of aryl methyl sites for hydroxylation is 1. The molecule has 0 spiro atoms. The summed E-state index contributed by atoms with van der Waals surface area (Å²) in [6, 6.07) is 3.07. The minimum atomic E-state index is -3.62. The molecule has 0 saturated carbocycles. The second-order valence-corrected chi connectivity index (χ2v) is 7.80. The van der Waals surface area contributed by atoms with Crippen molar-refractivity contribution in [3.8, 4) is 5.75 Å². The van der Waals surface area contributed by atoms with Crippen LogP contribution in [0.3, 0.4) is 0 Å². The third-order valence-electron chi connectivity index (χ3n) is 3.01. The number of ether oxygens (including phenoxy) is 1. The number of benzene rings is 1. The Morgan fingerprint density at radius 3 is 2.40 bits per heavy atom. The summed E-state index contributed by atoms with van der Waals surface area (Å²) in [5.41, 5.74) is 7.08. The van der Waals surface area contributed by atoms with Gasteiger partial charge in [-0.05, 0) is 36.5 Å². The first kappa shape index (κ1) is 16.8. The minimum Gasteiger partial charge on any atom is -0.495 e. The summed E-state index contributed by atoms with van der Waals surface area (Å²) < 4.78 is 32.4. The molecule has 5 nitrogen and oxygen atoms in total. The van der Waals surface area contributed by atoms with E-state index in [1.807, 2.05) is 0 Å². The predicted molar refractivity (Wildman–Crippen MR) is 81.4 cm³/mol. The molecule has 0 heterocycles. The average molecular weight is 300 g/mol. The molecule has 3 N–H and O–H groups in total. The molecule has 0 saturated heterocycles. The Morgan fingerprint density at radius 1 is 1.30 bits per heavy atom. The lowest BCUT2D eigenvalue weighted by Crippen LogP contribution is -2.28. The first-order valence-electron chi connectivity index (χ1n) is 6.50. The molecular formula is C14H24N2O3S. The van der Waals surface area contributed by atoms with Crippen LogP contribution in [-0.4, -0.2) is 22.1 Å². The molecule has 0 aliphatic heterocycles. The van der Waals surface area contributed by atoms with E-state index in [1.54, 1.807) is 13.0 Å². The lowest BCUT2D eigenvalue weighted by molar-refractivity contribution is 0.377. The van der Waals surface area contributed by atoms with Crippen LogP contribution in [0.25, 0.3) is 0 Å². The van der Waals surface area contributed by atoms with Gasteiger partial charge in [-0.2, -0.15) is 0 Å². The highest BCUT2D eigenvalue weighted by Gasteiger charge is 2.21. The molecule has 114 valence electrons. The molecule has 0 aliphatic rings. The zero-order valence-electron chi connectivity index (χ0n) is 12.8. The fourth-order valence-electron chi connectivity index (χ4n) is 1.68. The average Bonchev–Trinajstić information content (AvgIpc) is 2.29. The number of methoxy groups -OCH3 is 1. The molecule has 0 atom stereocenters. The first-order chi connectivity index (χ1) is 9.07. The van der Waals surface area contributed by atoms with E-state index in [1.165, 1.54) is 13.2 Å². The standard InChI is InChI=1S/C14H24N2O3S/c1-10-8-12(19-5)13(9-11(10)15)20(17,18)16-7-6-14(2,3)4/h8-9,16H,6-7,15H2,1-5H3. The number of hydrogen-bond donors (Lipinski definition) is 2. The van der Waals surface area contributed by atoms with Crippen molar-refractivity contribution in [1.29, 1.82) is 0 Å².